The van der Waals surface area contributed by atoms with Crippen LogP contribution in [0.25, 0.3) is 0 Å². The Morgan fingerprint density at radius 2 is 1.35 bits per heavy atom. The molecule has 0 saturated carbocycles. The molecule has 1 aromatic carbocycles. The van der Waals surface area contributed by atoms with Crippen LogP contribution in [0.2, 0.25) is 0 Å². The molecule has 1 rings (SSSR count). The lowest BCUT2D eigenvalue weighted by Crippen LogP contribution is -2.52. The van der Waals surface area contributed by atoms with Crippen LogP contribution < -0.4 is 0 Å². The van der Waals surface area contributed by atoms with Crippen molar-refractivity contribution in [2.75, 3.05) is 5.75 Å². The second-order valence-electron chi connectivity index (χ2n) is 4.63. The van der Waals surface area contributed by atoms with Gasteiger partial charge in [0.1, 0.15) is 5.75 Å². The Kier molecular flexibility index (Phi) is 4.70. The van der Waals surface area contributed by atoms with Gasteiger partial charge in [-0.3, -0.25) is 0 Å². The predicted molar refractivity (Wildman–Crippen MR) is 62.7 cm³/mol. The standard InChI is InChI=1S/C12H12F6OS/c1-8-3-5-9(6-4-8)20(19)7-10(2,11(13,14)15)12(16,17)18/h3-6H,7H2,1-2H3. The van der Waals surface area contributed by atoms with Crippen LogP contribution in [0.3, 0.4) is 0 Å². The van der Waals surface area contributed by atoms with Crippen molar-refractivity contribution < 1.29 is 30.9 Å². The third kappa shape index (κ3) is 3.41. The van der Waals surface area contributed by atoms with E-state index in [1.54, 1.807) is 6.92 Å². The van der Waals surface area contributed by atoms with Gasteiger partial charge in [-0.1, -0.05) is 17.7 Å². The van der Waals surface area contributed by atoms with Gasteiger partial charge in [-0.25, -0.2) is 0 Å². The van der Waals surface area contributed by atoms with Gasteiger partial charge in [0.25, 0.3) is 0 Å². The molecule has 0 spiro atoms. The SMILES string of the molecule is Cc1ccc([S+]([O-])CC(C)(C(F)(F)F)C(F)(F)F)cc1. The van der Waals surface area contributed by atoms with E-state index in [1.807, 2.05) is 0 Å². The minimum Gasteiger partial charge on any atom is -0.611 e. The molecule has 114 valence electrons. The van der Waals surface area contributed by atoms with Crippen molar-refractivity contribution in [1.29, 1.82) is 0 Å². The number of benzene rings is 1. The maximum Gasteiger partial charge on any atom is 0.407 e. The minimum absolute atomic E-state index is 0.0269. The van der Waals surface area contributed by atoms with E-state index in [1.165, 1.54) is 24.3 Å². The molecule has 0 aliphatic heterocycles. The summed E-state index contributed by atoms with van der Waals surface area (Å²) in [6.45, 7) is 1.72. The lowest BCUT2D eigenvalue weighted by atomic mass is 9.92. The third-order valence-electron chi connectivity index (χ3n) is 2.95. The van der Waals surface area contributed by atoms with E-state index in [4.69, 9.17) is 0 Å². The van der Waals surface area contributed by atoms with Crippen molar-refractivity contribution >= 4 is 11.2 Å². The van der Waals surface area contributed by atoms with Crippen LogP contribution in [0.5, 0.6) is 0 Å². The van der Waals surface area contributed by atoms with Gasteiger partial charge in [0.15, 0.2) is 4.90 Å². The molecule has 0 N–H and O–H groups in total. The largest absolute Gasteiger partial charge is 0.611 e. The fourth-order valence-electron chi connectivity index (χ4n) is 1.36. The second-order valence-corrected chi connectivity index (χ2v) is 6.08. The van der Waals surface area contributed by atoms with Gasteiger partial charge in [-0.2, -0.15) is 26.3 Å². The summed E-state index contributed by atoms with van der Waals surface area (Å²) in [5, 5.41) is 0. The molecular weight excluding hydrogens is 306 g/mol. The molecule has 0 bridgehead atoms. The number of hydrogen-bond acceptors (Lipinski definition) is 1. The molecule has 1 atom stereocenters. The Morgan fingerprint density at radius 3 is 1.70 bits per heavy atom. The molecule has 0 aromatic heterocycles. The molecule has 0 fully saturated rings. The van der Waals surface area contributed by atoms with Crippen LogP contribution >= 0.6 is 0 Å². The molecule has 0 aliphatic carbocycles. The van der Waals surface area contributed by atoms with Crippen LogP contribution in [0, 0.1) is 12.3 Å². The van der Waals surface area contributed by atoms with Crippen LogP contribution in [0.15, 0.2) is 29.2 Å². The first-order valence-corrected chi connectivity index (χ1v) is 6.79. The molecule has 1 unspecified atom stereocenters. The summed E-state index contributed by atoms with van der Waals surface area (Å²) in [6.07, 6.45) is -11.0. The van der Waals surface area contributed by atoms with Crippen LogP contribution in [0.4, 0.5) is 26.3 Å². The highest BCUT2D eigenvalue weighted by Gasteiger charge is 2.69. The van der Waals surface area contributed by atoms with Gasteiger partial charge in [0.05, 0.1) is 0 Å². The third-order valence-corrected chi connectivity index (χ3v) is 4.59. The molecule has 0 aliphatic rings. The quantitative estimate of drug-likeness (QED) is 0.604. The van der Waals surface area contributed by atoms with Crippen molar-refractivity contribution in [3.8, 4) is 0 Å². The highest BCUT2D eigenvalue weighted by atomic mass is 32.2. The van der Waals surface area contributed by atoms with E-state index < -0.39 is 34.7 Å². The fraction of sp³-hybridized carbons (Fsp3) is 0.500. The van der Waals surface area contributed by atoms with Gasteiger partial charge < -0.3 is 4.55 Å². The zero-order valence-corrected chi connectivity index (χ0v) is 11.4. The molecule has 1 nitrogen and oxygen atoms in total. The van der Waals surface area contributed by atoms with Crippen LogP contribution in [-0.4, -0.2) is 22.7 Å². The molecule has 0 radical (unpaired) electrons. The average Bonchev–Trinajstić information content (AvgIpc) is 2.26. The van der Waals surface area contributed by atoms with Crippen molar-refractivity contribution in [2.45, 2.75) is 31.1 Å². The Balaban J connectivity index is 3.05. The first-order valence-electron chi connectivity index (χ1n) is 5.47. The van der Waals surface area contributed by atoms with Gasteiger partial charge in [-0.05, 0) is 37.2 Å². The average molecular weight is 318 g/mol. The first kappa shape index (κ1) is 17.2. The summed E-state index contributed by atoms with van der Waals surface area (Å²) >= 11 is -2.39. The first-order chi connectivity index (χ1) is 8.88. The lowest BCUT2D eigenvalue weighted by molar-refractivity contribution is -0.325. The van der Waals surface area contributed by atoms with Crippen molar-refractivity contribution in [3.05, 3.63) is 29.8 Å². The van der Waals surface area contributed by atoms with Crippen molar-refractivity contribution in [3.63, 3.8) is 0 Å². The van der Waals surface area contributed by atoms with Gasteiger partial charge in [0, 0.05) is 0 Å². The molecule has 1 aromatic rings. The summed E-state index contributed by atoms with van der Waals surface area (Å²) in [5.74, 6) is -1.55. The predicted octanol–water partition coefficient (Wildman–Crippen LogP) is 4.23. The zero-order chi connectivity index (χ0) is 15.8. The van der Waals surface area contributed by atoms with Crippen LogP contribution in [0.1, 0.15) is 12.5 Å². The zero-order valence-electron chi connectivity index (χ0n) is 10.6. The Bertz CT molecular complexity index is 437. The molecule has 20 heavy (non-hydrogen) atoms. The van der Waals surface area contributed by atoms with E-state index in [9.17, 15) is 30.9 Å². The van der Waals surface area contributed by atoms with E-state index in [0.717, 1.165) is 5.56 Å². The Hall–Kier alpha value is -0.890. The highest BCUT2D eigenvalue weighted by Crippen LogP contribution is 2.51. The second kappa shape index (κ2) is 5.48. The summed E-state index contributed by atoms with van der Waals surface area (Å²) in [5.41, 5.74) is -3.24. The number of hydrogen-bond donors (Lipinski definition) is 0. The molecular formula is C12H12F6OS. The maximum absolute atomic E-state index is 12.7. The number of aryl methyl sites for hydroxylation is 1. The van der Waals surface area contributed by atoms with Crippen molar-refractivity contribution in [2.24, 2.45) is 5.41 Å². The summed E-state index contributed by atoms with van der Waals surface area (Å²) in [4.78, 5) is -0.0599. The molecule has 0 amide bonds. The topological polar surface area (TPSA) is 23.1 Å². The Labute approximate surface area is 115 Å². The molecule has 0 heterocycles. The normalized spacial score (nSPS) is 15.2. The van der Waals surface area contributed by atoms with E-state index in [0.29, 0.717) is 0 Å². The van der Waals surface area contributed by atoms with E-state index in [2.05, 4.69) is 0 Å². The summed E-state index contributed by atoms with van der Waals surface area (Å²) in [7, 11) is 0. The number of rotatable bonds is 3. The van der Waals surface area contributed by atoms with Gasteiger partial charge in [0.2, 0.25) is 5.41 Å². The van der Waals surface area contributed by atoms with E-state index >= 15 is 0 Å². The monoisotopic (exact) mass is 318 g/mol. The van der Waals surface area contributed by atoms with E-state index in [-0.39, 0.29) is 11.8 Å². The van der Waals surface area contributed by atoms with Crippen molar-refractivity contribution in [1.82, 2.24) is 0 Å². The number of halogens is 6. The molecule has 0 saturated heterocycles. The molecule has 8 heteroatoms. The highest BCUT2D eigenvalue weighted by molar-refractivity contribution is 7.91. The summed E-state index contributed by atoms with van der Waals surface area (Å²) in [6, 6.07) is 5.48. The number of alkyl halides is 6. The van der Waals surface area contributed by atoms with Crippen LogP contribution in [-0.2, 0) is 11.2 Å². The lowest BCUT2D eigenvalue weighted by Gasteiger charge is -2.33. The summed E-state index contributed by atoms with van der Waals surface area (Å²) < 4.78 is 87.9. The maximum atomic E-state index is 12.7. The smallest absolute Gasteiger partial charge is 0.407 e. The Morgan fingerprint density at radius 1 is 0.950 bits per heavy atom. The fourth-order valence-corrected chi connectivity index (χ4v) is 2.82. The van der Waals surface area contributed by atoms with Gasteiger partial charge >= 0.3 is 12.4 Å². The minimum atomic E-state index is -5.52. The van der Waals surface area contributed by atoms with Gasteiger partial charge in [-0.15, -0.1) is 0 Å².